The van der Waals surface area contributed by atoms with E-state index < -0.39 is 17.2 Å². The molecule has 4 rings (SSSR count). The second kappa shape index (κ2) is 8.14. The lowest BCUT2D eigenvalue weighted by Gasteiger charge is -2.15. The third-order valence-electron chi connectivity index (χ3n) is 5.13. The highest BCUT2D eigenvalue weighted by atomic mass is 16.2. The van der Waals surface area contributed by atoms with Gasteiger partial charge >= 0.3 is 5.69 Å². The van der Waals surface area contributed by atoms with Gasteiger partial charge in [0.2, 0.25) is 0 Å². The van der Waals surface area contributed by atoms with Crippen LogP contribution in [0.2, 0.25) is 0 Å². The minimum absolute atomic E-state index is 0.000335. The van der Waals surface area contributed by atoms with Gasteiger partial charge in [0.1, 0.15) is 0 Å². The maximum absolute atomic E-state index is 13.3. The number of amides is 1. The Bertz CT molecular complexity index is 1410. The second-order valence-corrected chi connectivity index (χ2v) is 7.69. The van der Waals surface area contributed by atoms with Crippen molar-refractivity contribution in [3.8, 4) is 0 Å². The summed E-state index contributed by atoms with van der Waals surface area (Å²) < 4.78 is 1.42. The summed E-state index contributed by atoms with van der Waals surface area (Å²) in [7, 11) is 0. The molecule has 0 saturated carbocycles. The van der Waals surface area contributed by atoms with Gasteiger partial charge in [0.15, 0.2) is 5.65 Å². The highest BCUT2D eigenvalue weighted by Crippen LogP contribution is 2.24. The molecule has 0 bridgehead atoms. The molecule has 0 aliphatic carbocycles. The Morgan fingerprint density at radius 1 is 1.19 bits per heavy atom. The molecule has 0 unspecified atom stereocenters. The molecule has 3 aromatic heterocycles. The van der Waals surface area contributed by atoms with Crippen LogP contribution >= 0.6 is 0 Å². The predicted molar refractivity (Wildman–Crippen MR) is 121 cm³/mol. The van der Waals surface area contributed by atoms with E-state index >= 15 is 0 Å². The van der Waals surface area contributed by atoms with Crippen LogP contribution in [-0.4, -0.2) is 25.4 Å². The lowest BCUT2D eigenvalue weighted by molar-refractivity contribution is 0.102. The summed E-state index contributed by atoms with van der Waals surface area (Å²) in [6.07, 6.45) is 2.34. The van der Waals surface area contributed by atoms with Crippen molar-refractivity contribution in [3.05, 3.63) is 74.7 Å². The number of aromatic amines is 1. The minimum Gasteiger partial charge on any atom is -0.320 e. The number of para-hydroxylation sites is 1. The molecule has 8 heteroatoms. The number of H-pyrrole nitrogens is 1. The molecule has 158 valence electrons. The average Bonchev–Trinajstić information content (AvgIpc) is 2.76. The van der Waals surface area contributed by atoms with Crippen LogP contribution in [0.3, 0.4) is 0 Å². The van der Waals surface area contributed by atoms with Crippen molar-refractivity contribution in [2.24, 2.45) is 0 Å². The molecule has 0 aliphatic heterocycles. The van der Waals surface area contributed by atoms with Crippen LogP contribution in [-0.2, 0) is 6.54 Å². The Kier molecular flexibility index (Phi) is 5.37. The number of hydrogen-bond acceptors (Lipinski definition) is 5. The van der Waals surface area contributed by atoms with E-state index in [4.69, 9.17) is 0 Å². The number of nitrogens with zero attached hydrogens (tertiary/aromatic N) is 3. The molecule has 0 aliphatic rings. The lowest BCUT2D eigenvalue weighted by atomic mass is 10.0. The summed E-state index contributed by atoms with van der Waals surface area (Å²) in [5.74, 6) is -0.459. The fraction of sp³-hybridized carbons (Fsp3) is 0.261. The zero-order chi connectivity index (χ0) is 22.1. The van der Waals surface area contributed by atoms with Gasteiger partial charge in [-0.15, -0.1) is 0 Å². The molecule has 1 aromatic carbocycles. The van der Waals surface area contributed by atoms with Crippen molar-refractivity contribution in [2.45, 2.75) is 39.7 Å². The summed E-state index contributed by atoms with van der Waals surface area (Å²) in [5, 5.41) is 3.87. The molecular formula is C23H23N5O3. The molecule has 2 N–H and O–H groups in total. The van der Waals surface area contributed by atoms with Crippen LogP contribution in [0.5, 0.6) is 0 Å². The van der Waals surface area contributed by atoms with E-state index in [1.807, 2.05) is 45.0 Å². The van der Waals surface area contributed by atoms with Gasteiger partial charge in [0, 0.05) is 23.8 Å². The van der Waals surface area contributed by atoms with Crippen LogP contribution in [0.25, 0.3) is 21.9 Å². The number of anilines is 1. The van der Waals surface area contributed by atoms with Crippen LogP contribution in [0.15, 0.2) is 52.2 Å². The van der Waals surface area contributed by atoms with Gasteiger partial charge < -0.3 is 5.32 Å². The maximum Gasteiger partial charge on any atom is 0.329 e. The molecule has 31 heavy (non-hydrogen) atoms. The van der Waals surface area contributed by atoms with Gasteiger partial charge in [0.25, 0.3) is 11.5 Å². The number of fused-ring (bicyclic) bond motifs is 2. The van der Waals surface area contributed by atoms with Gasteiger partial charge in [-0.3, -0.25) is 24.1 Å². The third kappa shape index (κ3) is 3.72. The van der Waals surface area contributed by atoms with Crippen molar-refractivity contribution >= 4 is 33.5 Å². The van der Waals surface area contributed by atoms with Crippen LogP contribution in [0, 0.1) is 0 Å². The molecule has 0 fully saturated rings. The summed E-state index contributed by atoms with van der Waals surface area (Å²) in [6.45, 7) is 6.20. The van der Waals surface area contributed by atoms with E-state index in [2.05, 4.69) is 20.3 Å². The minimum atomic E-state index is -0.628. The normalized spacial score (nSPS) is 11.4. The largest absolute Gasteiger partial charge is 0.329 e. The van der Waals surface area contributed by atoms with Gasteiger partial charge in [-0.25, -0.2) is 9.78 Å². The Hall–Kier alpha value is -3.81. The number of hydrogen-bond donors (Lipinski definition) is 2. The monoisotopic (exact) mass is 417 g/mol. The molecule has 0 saturated heterocycles. The van der Waals surface area contributed by atoms with E-state index in [1.54, 1.807) is 18.3 Å². The number of nitrogens with one attached hydrogen (secondary N) is 2. The second-order valence-electron chi connectivity index (χ2n) is 7.69. The summed E-state index contributed by atoms with van der Waals surface area (Å²) in [4.78, 5) is 49.7. The molecule has 0 radical (unpaired) electrons. The van der Waals surface area contributed by atoms with Gasteiger partial charge in [-0.1, -0.05) is 39.0 Å². The summed E-state index contributed by atoms with van der Waals surface area (Å²) in [6, 6.07) is 10.9. The first-order valence-electron chi connectivity index (χ1n) is 10.2. The number of aromatic nitrogens is 4. The maximum atomic E-state index is 13.3. The van der Waals surface area contributed by atoms with Gasteiger partial charge in [-0.05, 0) is 30.5 Å². The van der Waals surface area contributed by atoms with Crippen molar-refractivity contribution < 1.29 is 4.79 Å². The molecule has 0 spiro atoms. The average molecular weight is 417 g/mol. The van der Waals surface area contributed by atoms with E-state index in [-0.39, 0.29) is 22.5 Å². The molecule has 3 heterocycles. The Morgan fingerprint density at radius 2 is 1.97 bits per heavy atom. The predicted octanol–water partition coefficient (Wildman–Crippen LogP) is 3.42. The fourth-order valence-corrected chi connectivity index (χ4v) is 3.59. The molecule has 0 atom stereocenters. The Morgan fingerprint density at radius 3 is 2.71 bits per heavy atom. The van der Waals surface area contributed by atoms with Crippen molar-refractivity contribution in [1.82, 2.24) is 19.5 Å². The SMILES string of the molecule is CCCn1c(=O)[nH]c(=O)c2c(C(=O)Nc3cccc4cccnc34)cc(C(C)C)nc21. The Labute approximate surface area is 178 Å². The first kappa shape index (κ1) is 20.5. The molecule has 1 amide bonds. The van der Waals surface area contributed by atoms with Gasteiger partial charge in [0.05, 0.1) is 22.2 Å². The smallest absolute Gasteiger partial charge is 0.320 e. The summed E-state index contributed by atoms with van der Waals surface area (Å²) >= 11 is 0. The Balaban J connectivity index is 1.93. The first-order valence-corrected chi connectivity index (χ1v) is 10.2. The van der Waals surface area contributed by atoms with E-state index in [9.17, 15) is 14.4 Å². The molecule has 8 nitrogen and oxygen atoms in total. The molecule has 4 aromatic rings. The number of rotatable bonds is 5. The third-order valence-corrected chi connectivity index (χ3v) is 5.13. The number of carbonyl (C=O) groups is 1. The number of aryl methyl sites for hydroxylation is 1. The zero-order valence-electron chi connectivity index (χ0n) is 17.6. The summed E-state index contributed by atoms with van der Waals surface area (Å²) in [5.41, 5.74) is 1.06. The van der Waals surface area contributed by atoms with Crippen LogP contribution < -0.4 is 16.6 Å². The van der Waals surface area contributed by atoms with E-state index in [0.29, 0.717) is 29.9 Å². The van der Waals surface area contributed by atoms with Crippen molar-refractivity contribution in [3.63, 3.8) is 0 Å². The highest BCUT2D eigenvalue weighted by Gasteiger charge is 2.21. The van der Waals surface area contributed by atoms with Crippen molar-refractivity contribution in [2.75, 3.05) is 5.32 Å². The fourth-order valence-electron chi connectivity index (χ4n) is 3.59. The lowest BCUT2D eigenvalue weighted by Crippen LogP contribution is -2.32. The van der Waals surface area contributed by atoms with Crippen LogP contribution in [0.4, 0.5) is 5.69 Å². The zero-order valence-corrected chi connectivity index (χ0v) is 17.6. The highest BCUT2D eigenvalue weighted by molar-refractivity contribution is 6.14. The van der Waals surface area contributed by atoms with Crippen molar-refractivity contribution in [1.29, 1.82) is 0 Å². The standard InChI is InChI=1S/C23H23N5O3/c1-4-11-28-20-18(22(30)27-23(28)31)15(12-17(25-20)13(2)3)21(29)26-16-9-5-7-14-8-6-10-24-19(14)16/h5-10,12-13H,4,11H2,1-3H3,(H,26,29)(H,27,30,31). The van der Waals surface area contributed by atoms with E-state index in [0.717, 1.165) is 5.39 Å². The number of benzene rings is 1. The van der Waals surface area contributed by atoms with E-state index in [1.165, 1.54) is 4.57 Å². The van der Waals surface area contributed by atoms with Gasteiger partial charge in [-0.2, -0.15) is 0 Å². The first-order chi connectivity index (χ1) is 14.9. The topological polar surface area (TPSA) is 110 Å². The quantitative estimate of drug-likeness (QED) is 0.517. The molecular weight excluding hydrogens is 394 g/mol. The van der Waals surface area contributed by atoms with Crippen LogP contribution in [0.1, 0.15) is 49.2 Å². The number of carbonyl (C=O) groups excluding carboxylic acids is 1. The number of pyridine rings is 2.